The molecule has 1 fully saturated rings. The molecule has 0 saturated heterocycles. The van der Waals surface area contributed by atoms with Gasteiger partial charge in [-0.15, -0.1) is 13.2 Å². The second-order valence-electron chi connectivity index (χ2n) is 8.77. The number of rotatable bonds is 10. The molecule has 0 bridgehead atoms. The van der Waals surface area contributed by atoms with E-state index in [0.717, 1.165) is 34.6 Å². The van der Waals surface area contributed by atoms with Gasteiger partial charge in [0.15, 0.2) is 0 Å². The number of hydrogen-bond donors (Lipinski definition) is 1. The maximum atomic E-state index is 13.7. The molecule has 13 heteroatoms. The number of nitrogens with zero attached hydrogens (tertiary/aromatic N) is 1. The van der Waals surface area contributed by atoms with Gasteiger partial charge >= 0.3 is 18.9 Å². The third-order valence-electron chi connectivity index (χ3n) is 6.40. The first-order chi connectivity index (χ1) is 18.3. The summed E-state index contributed by atoms with van der Waals surface area (Å²) in [6, 6.07) is 16.0. The predicted molar refractivity (Wildman–Crippen MR) is 129 cm³/mol. The van der Waals surface area contributed by atoms with Crippen molar-refractivity contribution in [1.82, 2.24) is 4.31 Å². The maximum absolute atomic E-state index is 13.7. The fraction of sp³-hybridized carbons (Fsp3) is 0.269. The Morgan fingerprint density at radius 2 is 1.64 bits per heavy atom. The van der Waals surface area contributed by atoms with Gasteiger partial charge in [0.25, 0.3) is 0 Å². The van der Waals surface area contributed by atoms with Crippen LogP contribution in [0, 0.1) is 0 Å². The molecule has 0 unspecified atom stereocenters. The van der Waals surface area contributed by atoms with Crippen LogP contribution in [-0.4, -0.2) is 43.3 Å². The molecule has 208 valence electrons. The highest BCUT2D eigenvalue weighted by Gasteiger charge is 2.51. The molecule has 4 rings (SSSR count). The fourth-order valence-corrected chi connectivity index (χ4v) is 6.34. The van der Waals surface area contributed by atoms with Crippen LogP contribution in [0.3, 0.4) is 0 Å². The van der Waals surface area contributed by atoms with Crippen LogP contribution in [0.2, 0.25) is 0 Å². The van der Waals surface area contributed by atoms with Crippen molar-refractivity contribution in [1.29, 1.82) is 0 Å². The van der Waals surface area contributed by atoms with Crippen LogP contribution in [0.4, 0.5) is 22.0 Å². The summed E-state index contributed by atoms with van der Waals surface area (Å²) in [6.07, 6.45) is -4.32. The van der Waals surface area contributed by atoms with Crippen molar-refractivity contribution >= 4 is 16.0 Å². The molecule has 0 aliphatic heterocycles. The van der Waals surface area contributed by atoms with Crippen molar-refractivity contribution in [2.24, 2.45) is 0 Å². The Balaban J connectivity index is 1.81. The minimum absolute atomic E-state index is 0.105. The third kappa shape index (κ3) is 6.14. The number of benzene rings is 3. The first-order valence-corrected chi connectivity index (χ1v) is 13.0. The normalized spacial score (nSPS) is 15.2. The highest BCUT2D eigenvalue weighted by molar-refractivity contribution is 7.89. The molecule has 1 aliphatic carbocycles. The van der Waals surface area contributed by atoms with Gasteiger partial charge in [-0.25, -0.2) is 8.42 Å². The molecule has 0 radical (unpaired) electrons. The van der Waals surface area contributed by atoms with E-state index in [1.165, 1.54) is 12.1 Å². The van der Waals surface area contributed by atoms with Crippen LogP contribution in [0.15, 0.2) is 77.7 Å². The van der Waals surface area contributed by atoms with E-state index in [1.54, 1.807) is 30.3 Å². The third-order valence-corrected chi connectivity index (χ3v) is 8.33. The lowest BCUT2D eigenvalue weighted by Gasteiger charge is -2.49. The standard InChI is InChI=1S/C26H22F5NO6S/c27-24(28)37-19-8-10-20(11-9-19)39(35,36)32(16-23(33)34)25(13-4-14-25)18-7-12-21(17-5-2-1-3-6-17)22(15-18)38-26(29,30)31/h1-3,5-12,15,24H,4,13-14,16H2,(H,33,34). The van der Waals surface area contributed by atoms with Crippen molar-refractivity contribution < 1.29 is 49.7 Å². The highest BCUT2D eigenvalue weighted by Crippen LogP contribution is 2.50. The second-order valence-corrected chi connectivity index (χ2v) is 10.6. The molecule has 0 spiro atoms. The molecule has 3 aromatic rings. The summed E-state index contributed by atoms with van der Waals surface area (Å²) in [5.74, 6) is -2.37. The molecule has 0 atom stereocenters. The smallest absolute Gasteiger partial charge is 0.480 e. The van der Waals surface area contributed by atoms with Crippen LogP contribution in [0.1, 0.15) is 24.8 Å². The van der Waals surface area contributed by atoms with Gasteiger partial charge in [-0.1, -0.05) is 42.5 Å². The van der Waals surface area contributed by atoms with Gasteiger partial charge in [-0.05, 0) is 60.7 Å². The Morgan fingerprint density at radius 1 is 1.00 bits per heavy atom. The predicted octanol–water partition coefficient (Wildman–Crippen LogP) is 6.01. The van der Waals surface area contributed by atoms with Crippen molar-refractivity contribution in [3.8, 4) is 22.6 Å². The number of halogens is 5. The Bertz CT molecular complexity index is 1430. The highest BCUT2D eigenvalue weighted by atomic mass is 32.2. The van der Waals surface area contributed by atoms with Crippen molar-refractivity contribution in [3.05, 3.63) is 78.4 Å². The van der Waals surface area contributed by atoms with Gasteiger partial charge in [0.05, 0.1) is 10.4 Å². The van der Waals surface area contributed by atoms with E-state index in [4.69, 9.17) is 0 Å². The van der Waals surface area contributed by atoms with Crippen LogP contribution in [-0.2, 0) is 20.4 Å². The van der Waals surface area contributed by atoms with E-state index in [2.05, 4.69) is 9.47 Å². The van der Waals surface area contributed by atoms with E-state index in [-0.39, 0.29) is 29.7 Å². The lowest BCUT2D eigenvalue weighted by molar-refractivity contribution is -0.274. The minimum Gasteiger partial charge on any atom is -0.480 e. The molecule has 0 amide bonds. The van der Waals surface area contributed by atoms with E-state index in [9.17, 15) is 40.3 Å². The van der Waals surface area contributed by atoms with E-state index in [0.29, 0.717) is 12.0 Å². The Kier molecular flexibility index (Phi) is 7.84. The van der Waals surface area contributed by atoms with Crippen LogP contribution < -0.4 is 9.47 Å². The zero-order valence-electron chi connectivity index (χ0n) is 20.1. The first-order valence-electron chi connectivity index (χ1n) is 11.6. The topological polar surface area (TPSA) is 93.1 Å². The SMILES string of the molecule is O=C(O)CN(C1(c2ccc(-c3ccccc3)c(OC(F)(F)F)c2)CCC1)S(=O)(=O)c1ccc(OC(F)F)cc1. The largest absolute Gasteiger partial charge is 0.573 e. The Labute approximate surface area is 220 Å². The summed E-state index contributed by atoms with van der Waals surface area (Å²) in [5.41, 5.74) is -0.843. The summed E-state index contributed by atoms with van der Waals surface area (Å²) in [7, 11) is -4.57. The average molecular weight is 572 g/mol. The zero-order valence-corrected chi connectivity index (χ0v) is 20.9. The Hall–Kier alpha value is -3.71. The molecule has 1 aliphatic rings. The number of alkyl halides is 5. The van der Waals surface area contributed by atoms with Gasteiger partial charge in [0.2, 0.25) is 10.0 Å². The molecule has 3 aromatic carbocycles. The summed E-state index contributed by atoms with van der Waals surface area (Å²) in [5, 5.41) is 9.58. The van der Waals surface area contributed by atoms with Crippen LogP contribution >= 0.6 is 0 Å². The quantitative estimate of drug-likeness (QED) is 0.300. The number of ether oxygens (including phenoxy) is 2. The van der Waals surface area contributed by atoms with Gasteiger partial charge < -0.3 is 14.6 Å². The van der Waals surface area contributed by atoms with Crippen molar-refractivity contribution in [2.45, 2.75) is 42.7 Å². The molecule has 39 heavy (non-hydrogen) atoms. The summed E-state index contributed by atoms with van der Waals surface area (Å²) >= 11 is 0. The Morgan fingerprint density at radius 3 is 2.15 bits per heavy atom. The van der Waals surface area contributed by atoms with Crippen molar-refractivity contribution in [2.75, 3.05) is 6.54 Å². The number of carbonyl (C=O) groups is 1. The van der Waals surface area contributed by atoms with E-state index >= 15 is 0 Å². The zero-order chi connectivity index (χ0) is 28.4. The summed E-state index contributed by atoms with van der Waals surface area (Å²) in [4.78, 5) is 11.4. The number of aliphatic carboxylic acids is 1. The number of carboxylic acids is 1. The lowest BCUT2D eigenvalue weighted by atomic mass is 9.71. The second kappa shape index (κ2) is 10.8. The molecule has 0 aromatic heterocycles. The summed E-state index contributed by atoms with van der Waals surface area (Å²) < 4.78 is 102. The van der Waals surface area contributed by atoms with Crippen molar-refractivity contribution in [3.63, 3.8) is 0 Å². The van der Waals surface area contributed by atoms with Gasteiger partial charge in [0.1, 0.15) is 18.0 Å². The molecule has 7 nitrogen and oxygen atoms in total. The van der Waals surface area contributed by atoms with Crippen LogP contribution in [0.5, 0.6) is 11.5 Å². The minimum atomic E-state index is -5.05. The average Bonchev–Trinajstić information content (AvgIpc) is 2.82. The molecule has 1 N–H and O–H groups in total. The van der Waals surface area contributed by atoms with E-state index in [1.807, 2.05) is 0 Å². The lowest BCUT2D eigenvalue weighted by Crippen LogP contribution is -2.55. The number of carboxylic acid groups (broad SMARTS) is 1. The van der Waals surface area contributed by atoms with Gasteiger partial charge in [0, 0.05) is 5.56 Å². The summed E-state index contributed by atoms with van der Waals surface area (Å²) in [6.45, 7) is -4.13. The molecular weight excluding hydrogens is 549 g/mol. The molecular formula is C26H22F5NO6S. The molecule has 0 heterocycles. The number of hydrogen-bond acceptors (Lipinski definition) is 5. The molecule has 1 saturated carbocycles. The van der Waals surface area contributed by atoms with Gasteiger partial charge in [-0.3, -0.25) is 4.79 Å². The number of sulfonamides is 1. The maximum Gasteiger partial charge on any atom is 0.573 e. The first kappa shape index (κ1) is 28.3. The van der Waals surface area contributed by atoms with Crippen LogP contribution in [0.25, 0.3) is 11.1 Å². The van der Waals surface area contributed by atoms with Gasteiger partial charge in [-0.2, -0.15) is 13.1 Å². The monoisotopic (exact) mass is 571 g/mol. The van der Waals surface area contributed by atoms with E-state index < -0.39 is 51.7 Å². The fourth-order valence-electron chi connectivity index (χ4n) is 4.58.